The molecule has 2 saturated heterocycles. The number of benzene rings is 3. The maximum Gasteiger partial charge on any atom is 0.235 e. The summed E-state index contributed by atoms with van der Waals surface area (Å²) in [4.78, 5) is 45.0. The molecule has 2 aliphatic heterocycles. The van der Waals surface area contributed by atoms with Gasteiger partial charge in [-0.15, -0.1) is 0 Å². The highest BCUT2D eigenvalue weighted by Gasteiger charge is 2.63. The number of fused-ring (bicyclic) bond motifs is 1. The van der Waals surface area contributed by atoms with Crippen LogP contribution in [0.2, 0.25) is 0 Å². The predicted octanol–water partition coefficient (Wildman–Crippen LogP) is 4.72. The van der Waals surface area contributed by atoms with Crippen LogP contribution in [0.5, 0.6) is 0 Å². The molecule has 0 bridgehead atoms. The van der Waals surface area contributed by atoms with Gasteiger partial charge in [0, 0.05) is 18.2 Å². The molecule has 0 spiro atoms. The summed E-state index contributed by atoms with van der Waals surface area (Å²) in [5.74, 6) is -1.64. The van der Waals surface area contributed by atoms with Crippen LogP contribution < -0.4 is 0 Å². The monoisotopic (exact) mass is 466 g/mol. The molecule has 2 aliphatic rings. The van der Waals surface area contributed by atoms with Crippen LogP contribution in [0.3, 0.4) is 0 Å². The van der Waals surface area contributed by atoms with Crippen molar-refractivity contribution in [2.75, 3.05) is 0 Å². The van der Waals surface area contributed by atoms with Crippen molar-refractivity contribution < 1.29 is 14.4 Å². The van der Waals surface area contributed by atoms with E-state index in [1.807, 2.05) is 78.9 Å². The first-order chi connectivity index (χ1) is 17.1. The van der Waals surface area contributed by atoms with E-state index < -0.39 is 17.9 Å². The van der Waals surface area contributed by atoms with Crippen LogP contribution in [0.15, 0.2) is 91.0 Å². The summed E-state index contributed by atoms with van der Waals surface area (Å²) in [7, 11) is 0. The molecular weight excluding hydrogens is 436 g/mol. The van der Waals surface area contributed by atoms with E-state index in [4.69, 9.17) is 0 Å². The molecule has 2 amide bonds. The summed E-state index contributed by atoms with van der Waals surface area (Å²) >= 11 is 0. The highest BCUT2D eigenvalue weighted by Crippen LogP contribution is 2.46. The van der Waals surface area contributed by atoms with Crippen molar-refractivity contribution in [1.82, 2.24) is 9.80 Å². The molecule has 4 atom stereocenters. The largest absolute Gasteiger partial charge is 0.292 e. The molecule has 0 aromatic heterocycles. The Morgan fingerprint density at radius 1 is 0.714 bits per heavy atom. The Balaban J connectivity index is 1.55. The summed E-state index contributed by atoms with van der Waals surface area (Å²) in [6, 6.07) is 27.9. The van der Waals surface area contributed by atoms with E-state index in [0.29, 0.717) is 12.1 Å². The third-order valence-corrected chi connectivity index (χ3v) is 7.33. The minimum Gasteiger partial charge on any atom is -0.292 e. The van der Waals surface area contributed by atoms with Crippen molar-refractivity contribution >= 4 is 17.6 Å². The van der Waals surface area contributed by atoms with E-state index in [9.17, 15) is 14.4 Å². The highest BCUT2D eigenvalue weighted by molar-refractivity contribution is 6.11. The second kappa shape index (κ2) is 9.96. The zero-order valence-electron chi connectivity index (χ0n) is 19.9. The van der Waals surface area contributed by atoms with Crippen LogP contribution in [0, 0.1) is 11.8 Å². The second-order valence-corrected chi connectivity index (χ2v) is 9.49. The molecule has 2 fully saturated rings. The summed E-state index contributed by atoms with van der Waals surface area (Å²) < 4.78 is 0. The normalized spacial score (nSPS) is 24.1. The minimum absolute atomic E-state index is 0.0853. The molecule has 0 radical (unpaired) electrons. The Labute approximate surface area is 206 Å². The quantitative estimate of drug-likeness (QED) is 0.356. The van der Waals surface area contributed by atoms with Gasteiger partial charge in [-0.05, 0) is 17.5 Å². The number of carbonyl (C=O) groups excluding carboxylic acids is 3. The molecule has 5 rings (SSSR count). The molecule has 0 aliphatic carbocycles. The molecule has 178 valence electrons. The van der Waals surface area contributed by atoms with Gasteiger partial charge in [0.2, 0.25) is 11.8 Å². The average molecular weight is 467 g/mol. The van der Waals surface area contributed by atoms with Crippen LogP contribution in [0.1, 0.15) is 41.3 Å². The molecule has 3 aromatic rings. The van der Waals surface area contributed by atoms with Gasteiger partial charge >= 0.3 is 0 Å². The molecule has 5 heteroatoms. The first-order valence-corrected chi connectivity index (χ1v) is 12.4. The van der Waals surface area contributed by atoms with Crippen LogP contribution in [-0.2, 0) is 22.7 Å². The number of nitrogens with zero attached hydrogens (tertiary/aromatic N) is 2. The first-order valence-electron chi connectivity index (χ1n) is 12.4. The predicted molar refractivity (Wildman–Crippen MR) is 134 cm³/mol. The molecule has 35 heavy (non-hydrogen) atoms. The number of imide groups is 1. The van der Waals surface area contributed by atoms with Crippen molar-refractivity contribution in [3.8, 4) is 0 Å². The number of likely N-dealkylation sites (tertiary alicyclic amines) is 2. The Hall–Kier alpha value is -3.57. The molecule has 0 N–H and O–H groups in total. The van der Waals surface area contributed by atoms with Gasteiger partial charge in [-0.25, -0.2) is 0 Å². The van der Waals surface area contributed by atoms with Crippen LogP contribution in [0.25, 0.3) is 0 Å². The van der Waals surface area contributed by atoms with E-state index in [2.05, 4.69) is 11.8 Å². The van der Waals surface area contributed by atoms with Crippen molar-refractivity contribution in [3.05, 3.63) is 108 Å². The average Bonchev–Trinajstić information content (AvgIpc) is 3.33. The van der Waals surface area contributed by atoms with Crippen LogP contribution in [0.4, 0.5) is 0 Å². The lowest BCUT2D eigenvalue weighted by Crippen LogP contribution is -2.47. The van der Waals surface area contributed by atoms with Gasteiger partial charge in [-0.2, -0.15) is 0 Å². The molecule has 0 unspecified atom stereocenters. The van der Waals surface area contributed by atoms with Crippen molar-refractivity contribution in [2.24, 2.45) is 11.8 Å². The Morgan fingerprint density at radius 2 is 1.23 bits per heavy atom. The summed E-state index contributed by atoms with van der Waals surface area (Å²) in [5.41, 5.74) is 2.56. The standard InChI is InChI=1S/C30H30N2O3/c1-2-12-24-25-26(30(35)32(29(25)34)20-22-15-8-4-9-16-22)27(28(33)23-17-10-5-11-18-23)31(24)19-21-13-6-3-7-14-21/h3-11,13-18,24-27H,2,12,19-20H2,1H3/t24-,25+,26+,27+/m0/s1. The Kier molecular flexibility index (Phi) is 6.60. The molecular formula is C30H30N2O3. The highest BCUT2D eigenvalue weighted by atomic mass is 16.2. The zero-order chi connectivity index (χ0) is 24.4. The van der Waals surface area contributed by atoms with E-state index in [0.717, 1.165) is 24.0 Å². The third-order valence-electron chi connectivity index (χ3n) is 7.33. The second-order valence-electron chi connectivity index (χ2n) is 9.49. The molecule has 3 aromatic carbocycles. The number of amides is 2. The van der Waals surface area contributed by atoms with Gasteiger partial charge in [0.1, 0.15) is 0 Å². The molecule has 5 nitrogen and oxygen atoms in total. The van der Waals surface area contributed by atoms with Gasteiger partial charge in [0.05, 0.1) is 24.4 Å². The van der Waals surface area contributed by atoms with Gasteiger partial charge in [-0.3, -0.25) is 24.2 Å². The van der Waals surface area contributed by atoms with Gasteiger partial charge in [0.15, 0.2) is 5.78 Å². The lowest BCUT2D eigenvalue weighted by atomic mass is 9.85. The van der Waals surface area contributed by atoms with Crippen molar-refractivity contribution in [1.29, 1.82) is 0 Å². The molecule has 2 heterocycles. The van der Waals surface area contributed by atoms with Crippen molar-refractivity contribution in [3.63, 3.8) is 0 Å². The number of carbonyl (C=O) groups is 3. The van der Waals surface area contributed by atoms with Gasteiger partial charge in [-0.1, -0.05) is 104 Å². The van der Waals surface area contributed by atoms with E-state index in [1.54, 1.807) is 12.1 Å². The van der Waals surface area contributed by atoms with E-state index >= 15 is 0 Å². The number of Topliss-reactive ketones (excluding diaryl/α,β-unsaturated/α-hetero) is 1. The summed E-state index contributed by atoms with van der Waals surface area (Å²) in [5, 5.41) is 0. The third kappa shape index (κ3) is 4.32. The Morgan fingerprint density at radius 3 is 1.80 bits per heavy atom. The van der Waals surface area contributed by atoms with Crippen molar-refractivity contribution in [2.45, 2.75) is 44.9 Å². The van der Waals surface area contributed by atoms with E-state index in [1.165, 1.54) is 4.90 Å². The number of rotatable bonds is 8. The minimum atomic E-state index is -0.670. The maximum absolute atomic E-state index is 13.9. The first kappa shape index (κ1) is 23.2. The van der Waals surface area contributed by atoms with Crippen LogP contribution in [-0.4, -0.2) is 39.5 Å². The van der Waals surface area contributed by atoms with Crippen LogP contribution >= 0.6 is 0 Å². The fourth-order valence-corrected chi connectivity index (χ4v) is 5.79. The maximum atomic E-state index is 13.9. The number of hydrogen-bond donors (Lipinski definition) is 0. The Bertz CT molecular complexity index is 1200. The number of ketones is 1. The summed E-state index contributed by atoms with van der Waals surface area (Å²) in [6.45, 7) is 2.86. The summed E-state index contributed by atoms with van der Waals surface area (Å²) in [6.07, 6.45) is 1.62. The van der Waals surface area contributed by atoms with E-state index in [-0.39, 0.29) is 30.2 Å². The molecule has 0 saturated carbocycles. The smallest absolute Gasteiger partial charge is 0.235 e. The topological polar surface area (TPSA) is 57.7 Å². The fraction of sp³-hybridized carbons (Fsp3) is 0.300. The van der Waals surface area contributed by atoms with Gasteiger partial charge < -0.3 is 0 Å². The zero-order valence-corrected chi connectivity index (χ0v) is 19.9. The lowest BCUT2D eigenvalue weighted by Gasteiger charge is -2.33. The lowest BCUT2D eigenvalue weighted by molar-refractivity contribution is -0.142. The SMILES string of the molecule is CCC[C@H]1[C@H]2C(=O)N(Cc3ccccc3)C(=O)[C@H]2[C@H](C(=O)c2ccccc2)N1Cc1ccccc1. The number of hydrogen-bond acceptors (Lipinski definition) is 4. The fourth-order valence-electron chi connectivity index (χ4n) is 5.79. The van der Waals surface area contributed by atoms with Gasteiger partial charge in [0.25, 0.3) is 0 Å².